The summed E-state index contributed by atoms with van der Waals surface area (Å²) in [7, 11) is 1.74. The Morgan fingerprint density at radius 1 is 1.00 bits per heavy atom. The second-order valence-electron chi connectivity index (χ2n) is 5.67. The van der Waals surface area contributed by atoms with E-state index in [2.05, 4.69) is 12.1 Å². The van der Waals surface area contributed by atoms with E-state index in [4.69, 9.17) is 4.74 Å². The summed E-state index contributed by atoms with van der Waals surface area (Å²) in [4.78, 5) is 14.6. The van der Waals surface area contributed by atoms with Crippen molar-refractivity contribution in [2.24, 2.45) is 0 Å². The maximum absolute atomic E-state index is 12.7. The number of methoxy groups -OCH3 is 1. The Labute approximate surface area is 131 Å². The first-order chi connectivity index (χ1) is 10.8. The van der Waals surface area contributed by atoms with Gasteiger partial charge in [-0.1, -0.05) is 42.5 Å². The summed E-state index contributed by atoms with van der Waals surface area (Å²) >= 11 is 0. The summed E-state index contributed by atoms with van der Waals surface area (Å²) < 4.78 is 5.36. The number of nitrogens with zero attached hydrogens (tertiary/aromatic N) is 1. The van der Waals surface area contributed by atoms with E-state index >= 15 is 0 Å². The SMILES string of the molecule is COC1CCN(C(=O)c2cccc(-c3ccccc3)c2)CC1. The average molecular weight is 295 g/mol. The molecule has 0 unspecified atom stereocenters. The number of ether oxygens (including phenoxy) is 1. The minimum atomic E-state index is 0.118. The van der Waals surface area contributed by atoms with Crippen molar-refractivity contribution in [1.82, 2.24) is 4.90 Å². The van der Waals surface area contributed by atoms with Gasteiger partial charge >= 0.3 is 0 Å². The van der Waals surface area contributed by atoms with Gasteiger partial charge in [0, 0.05) is 25.8 Å². The van der Waals surface area contributed by atoms with Crippen molar-refractivity contribution in [3.63, 3.8) is 0 Å². The van der Waals surface area contributed by atoms with Gasteiger partial charge in [0.2, 0.25) is 0 Å². The summed E-state index contributed by atoms with van der Waals surface area (Å²) in [6.07, 6.45) is 2.13. The van der Waals surface area contributed by atoms with Crippen LogP contribution in [-0.4, -0.2) is 37.1 Å². The molecule has 2 aromatic carbocycles. The highest BCUT2D eigenvalue weighted by atomic mass is 16.5. The van der Waals surface area contributed by atoms with E-state index in [0.29, 0.717) is 6.10 Å². The summed E-state index contributed by atoms with van der Waals surface area (Å²) in [6, 6.07) is 18.0. The predicted molar refractivity (Wildman–Crippen MR) is 87.8 cm³/mol. The monoisotopic (exact) mass is 295 g/mol. The molecule has 3 nitrogen and oxygen atoms in total. The highest BCUT2D eigenvalue weighted by molar-refractivity contribution is 5.95. The molecule has 1 aliphatic heterocycles. The van der Waals surface area contributed by atoms with E-state index in [1.807, 2.05) is 47.4 Å². The van der Waals surface area contributed by atoms with Crippen LogP contribution in [0.1, 0.15) is 23.2 Å². The molecule has 0 spiro atoms. The van der Waals surface area contributed by atoms with E-state index in [1.165, 1.54) is 0 Å². The molecule has 22 heavy (non-hydrogen) atoms. The fourth-order valence-electron chi connectivity index (χ4n) is 2.94. The Morgan fingerprint density at radius 3 is 2.36 bits per heavy atom. The van der Waals surface area contributed by atoms with Gasteiger partial charge in [-0.15, -0.1) is 0 Å². The average Bonchev–Trinajstić information content (AvgIpc) is 2.62. The molecule has 0 aromatic heterocycles. The Kier molecular flexibility index (Phi) is 4.54. The first-order valence-electron chi connectivity index (χ1n) is 7.75. The Morgan fingerprint density at radius 2 is 1.68 bits per heavy atom. The van der Waals surface area contributed by atoms with Crippen LogP contribution in [0.15, 0.2) is 54.6 Å². The molecule has 0 N–H and O–H groups in total. The zero-order valence-electron chi connectivity index (χ0n) is 12.9. The number of hydrogen-bond donors (Lipinski definition) is 0. The van der Waals surface area contributed by atoms with Crippen molar-refractivity contribution in [2.75, 3.05) is 20.2 Å². The topological polar surface area (TPSA) is 29.5 Å². The third kappa shape index (κ3) is 3.20. The van der Waals surface area contributed by atoms with Gasteiger partial charge in [-0.05, 0) is 36.1 Å². The molecular formula is C19H21NO2. The second kappa shape index (κ2) is 6.75. The summed E-state index contributed by atoms with van der Waals surface area (Å²) in [6.45, 7) is 1.54. The summed E-state index contributed by atoms with van der Waals surface area (Å²) in [5.74, 6) is 0.118. The van der Waals surface area contributed by atoms with Crippen LogP contribution < -0.4 is 0 Å². The number of hydrogen-bond acceptors (Lipinski definition) is 2. The number of carbonyl (C=O) groups is 1. The molecule has 1 amide bonds. The predicted octanol–water partition coefficient (Wildman–Crippen LogP) is 3.60. The van der Waals surface area contributed by atoms with Crippen LogP contribution in [-0.2, 0) is 4.74 Å². The molecule has 0 radical (unpaired) electrons. The first-order valence-corrected chi connectivity index (χ1v) is 7.75. The number of piperidine rings is 1. The fraction of sp³-hybridized carbons (Fsp3) is 0.316. The largest absolute Gasteiger partial charge is 0.381 e. The van der Waals surface area contributed by atoms with Gasteiger partial charge in [0.25, 0.3) is 5.91 Å². The van der Waals surface area contributed by atoms with Crippen molar-refractivity contribution in [2.45, 2.75) is 18.9 Å². The zero-order valence-corrected chi connectivity index (χ0v) is 12.9. The van der Waals surface area contributed by atoms with Gasteiger partial charge < -0.3 is 9.64 Å². The molecule has 3 rings (SSSR count). The smallest absolute Gasteiger partial charge is 0.253 e. The van der Waals surface area contributed by atoms with Crippen LogP contribution in [0, 0.1) is 0 Å². The lowest BCUT2D eigenvalue weighted by Gasteiger charge is -2.31. The van der Waals surface area contributed by atoms with E-state index in [1.54, 1.807) is 7.11 Å². The van der Waals surface area contributed by atoms with Crippen LogP contribution in [0.2, 0.25) is 0 Å². The standard InChI is InChI=1S/C19H21NO2/c1-22-18-10-12-20(13-11-18)19(21)17-9-5-8-16(14-17)15-6-3-2-4-7-15/h2-9,14,18H,10-13H2,1H3. The van der Waals surface area contributed by atoms with E-state index < -0.39 is 0 Å². The number of rotatable bonds is 3. The lowest BCUT2D eigenvalue weighted by atomic mass is 10.0. The summed E-state index contributed by atoms with van der Waals surface area (Å²) in [5.41, 5.74) is 2.98. The molecule has 1 fully saturated rings. The molecule has 1 heterocycles. The van der Waals surface area contributed by atoms with E-state index in [9.17, 15) is 4.79 Å². The van der Waals surface area contributed by atoms with Crippen LogP contribution >= 0.6 is 0 Å². The van der Waals surface area contributed by atoms with Crippen molar-refractivity contribution < 1.29 is 9.53 Å². The number of amides is 1. The van der Waals surface area contributed by atoms with Crippen LogP contribution in [0.25, 0.3) is 11.1 Å². The zero-order chi connectivity index (χ0) is 15.4. The van der Waals surface area contributed by atoms with Crippen LogP contribution in [0.4, 0.5) is 0 Å². The van der Waals surface area contributed by atoms with Gasteiger partial charge in [0.15, 0.2) is 0 Å². The Bertz CT molecular complexity index is 631. The van der Waals surface area contributed by atoms with Crippen molar-refractivity contribution in [3.8, 4) is 11.1 Å². The molecule has 3 heteroatoms. The molecular weight excluding hydrogens is 274 g/mol. The normalized spacial score (nSPS) is 15.8. The molecule has 0 aliphatic carbocycles. The van der Waals surface area contributed by atoms with Crippen LogP contribution in [0.3, 0.4) is 0 Å². The molecule has 0 saturated carbocycles. The lowest BCUT2D eigenvalue weighted by molar-refractivity contribution is 0.0351. The van der Waals surface area contributed by atoms with Gasteiger partial charge in [0.05, 0.1) is 6.10 Å². The minimum Gasteiger partial charge on any atom is -0.381 e. The van der Waals surface area contributed by atoms with Crippen LogP contribution in [0.5, 0.6) is 0 Å². The van der Waals surface area contributed by atoms with Gasteiger partial charge in [-0.3, -0.25) is 4.79 Å². The third-order valence-corrected chi connectivity index (χ3v) is 4.28. The van der Waals surface area contributed by atoms with E-state index in [0.717, 1.165) is 42.6 Å². The molecule has 0 bridgehead atoms. The Balaban J connectivity index is 1.76. The van der Waals surface area contributed by atoms with Crippen molar-refractivity contribution in [1.29, 1.82) is 0 Å². The third-order valence-electron chi connectivity index (χ3n) is 4.28. The highest BCUT2D eigenvalue weighted by Gasteiger charge is 2.23. The maximum Gasteiger partial charge on any atom is 0.253 e. The molecule has 1 aliphatic rings. The molecule has 0 atom stereocenters. The van der Waals surface area contributed by atoms with Gasteiger partial charge in [0.1, 0.15) is 0 Å². The lowest BCUT2D eigenvalue weighted by Crippen LogP contribution is -2.40. The van der Waals surface area contributed by atoms with Crippen molar-refractivity contribution >= 4 is 5.91 Å². The van der Waals surface area contributed by atoms with Gasteiger partial charge in [-0.2, -0.15) is 0 Å². The number of likely N-dealkylation sites (tertiary alicyclic amines) is 1. The number of benzene rings is 2. The van der Waals surface area contributed by atoms with E-state index in [-0.39, 0.29) is 5.91 Å². The highest BCUT2D eigenvalue weighted by Crippen LogP contribution is 2.22. The molecule has 114 valence electrons. The molecule has 2 aromatic rings. The Hall–Kier alpha value is -2.13. The minimum absolute atomic E-state index is 0.118. The summed E-state index contributed by atoms with van der Waals surface area (Å²) in [5, 5.41) is 0. The number of carbonyl (C=O) groups excluding carboxylic acids is 1. The first kappa shape index (κ1) is 14.8. The quantitative estimate of drug-likeness (QED) is 0.866. The second-order valence-corrected chi connectivity index (χ2v) is 5.67. The van der Waals surface area contributed by atoms with Crippen molar-refractivity contribution in [3.05, 3.63) is 60.2 Å². The molecule has 1 saturated heterocycles. The maximum atomic E-state index is 12.7. The fourth-order valence-corrected chi connectivity index (χ4v) is 2.94. The van der Waals surface area contributed by atoms with Gasteiger partial charge in [-0.25, -0.2) is 0 Å².